The fourth-order valence-electron chi connectivity index (χ4n) is 3.55. The van der Waals surface area contributed by atoms with E-state index in [1.807, 2.05) is 13.8 Å². The molecule has 0 aromatic heterocycles. The summed E-state index contributed by atoms with van der Waals surface area (Å²) in [4.78, 5) is 23.6. The van der Waals surface area contributed by atoms with E-state index in [2.05, 4.69) is 11.9 Å². The van der Waals surface area contributed by atoms with E-state index >= 15 is 0 Å². The average molecular weight is 450 g/mol. The smallest absolute Gasteiger partial charge is 0.335 e. The maximum atomic E-state index is 12.5. The van der Waals surface area contributed by atoms with Gasteiger partial charge in [0.25, 0.3) is 0 Å². The van der Waals surface area contributed by atoms with Crippen LogP contribution in [0.3, 0.4) is 0 Å². The Hall–Kier alpha value is -2.42. The number of carbonyl (C=O) groups is 2. The summed E-state index contributed by atoms with van der Waals surface area (Å²) in [6, 6.07) is 2.96. The van der Waals surface area contributed by atoms with Gasteiger partial charge in [-0.05, 0) is 49.9 Å². The second kappa shape index (κ2) is 13.9. The molecule has 0 radical (unpaired) electrons. The molecule has 2 N–H and O–H groups in total. The number of nitrogens with one attached hydrogen (secondary N) is 1. The Balaban J connectivity index is 1.74. The molecule has 1 amide bonds. The van der Waals surface area contributed by atoms with Gasteiger partial charge in [-0.25, -0.2) is 4.79 Å². The minimum atomic E-state index is -0.953. The van der Waals surface area contributed by atoms with Gasteiger partial charge in [0.1, 0.15) is 5.75 Å². The predicted octanol–water partition coefficient (Wildman–Crippen LogP) is 2.90. The number of hydrogen-bond acceptors (Lipinski definition) is 6. The Morgan fingerprint density at radius 1 is 1.25 bits per heavy atom. The van der Waals surface area contributed by atoms with Gasteiger partial charge in [0, 0.05) is 19.6 Å². The second-order valence-corrected chi connectivity index (χ2v) is 7.97. The zero-order chi connectivity index (χ0) is 23.3. The van der Waals surface area contributed by atoms with Crippen LogP contribution in [0.5, 0.6) is 5.75 Å². The second-order valence-electron chi connectivity index (χ2n) is 7.97. The number of carboxylic acids is 1. The van der Waals surface area contributed by atoms with E-state index in [0.717, 1.165) is 24.0 Å². The normalized spacial score (nSPS) is 16.9. The number of benzene rings is 1. The first kappa shape index (κ1) is 25.8. The van der Waals surface area contributed by atoms with Crippen molar-refractivity contribution in [1.82, 2.24) is 5.32 Å². The maximum Gasteiger partial charge on any atom is 0.335 e. The molecule has 1 aromatic carbocycles. The minimum Gasteiger partial charge on any atom is -0.493 e. The van der Waals surface area contributed by atoms with Crippen molar-refractivity contribution in [3.8, 4) is 5.75 Å². The van der Waals surface area contributed by atoms with E-state index in [9.17, 15) is 9.59 Å². The number of amides is 1. The first-order valence-corrected chi connectivity index (χ1v) is 11.0. The van der Waals surface area contributed by atoms with Gasteiger partial charge in [-0.3, -0.25) is 4.79 Å². The average Bonchev–Trinajstić information content (AvgIpc) is 2.77. The number of carboxylic acid groups (broad SMARTS) is 1. The fourth-order valence-corrected chi connectivity index (χ4v) is 3.55. The summed E-state index contributed by atoms with van der Waals surface area (Å²) in [5, 5.41) is 12.1. The third kappa shape index (κ3) is 8.61. The van der Waals surface area contributed by atoms with Gasteiger partial charge in [-0.2, -0.15) is 0 Å². The lowest BCUT2D eigenvalue weighted by Gasteiger charge is -2.25. The van der Waals surface area contributed by atoms with E-state index in [0.29, 0.717) is 58.4 Å². The van der Waals surface area contributed by atoms with Gasteiger partial charge < -0.3 is 29.4 Å². The van der Waals surface area contributed by atoms with Crippen molar-refractivity contribution < 1.29 is 33.6 Å². The lowest BCUT2D eigenvalue weighted by atomic mass is 10.0. The Kier molecular flexibility index (Phi) is 11.2. The molecule has 2 atom stereocenters. The highest BCUT2D eigenvalue weighted by atomic mass is 16.5. The first-order chi connectivity index (χ1) is 15.4. The van der Waals surface area contributed by atoms with Gasteiger partial charge in [0.2, 0.25) is 5.91 Å². The van der Waals surface area contributed by atoms with Crippen LogP contribution in [0.4, 0.5) is 0 Å². The van der Waals surface area contributed by atoms with Crippen molar-refractivity contribution in [2.75, 3.05) is 46.2 Å². The Morgan fingerprint density at radius 2 is 1.97 bits per heavy atom. The van der Waals surface area contributed by atoms with Crippen molar-refractivity contribution in [3.05, 3.63) is 41.5 Å². The van der Waals surface area contributed by atoms with Crippen LogP contribution in [0, 0.1) is 19.8 Å². The summed E-state index contributed by atoms with van der Waals surface area (Å²) in [5.74, 6) is -0.406. The molecule has 0 saturated carbocycles. The van der Waals surface area contributed by atoms with E-state index in [-0.39, 0.29) is 23.4 Å². The summed E-state index contributed by atoms with van der Waals surface area (Å²) < 4.78 is 22.5. The quantitative estimate of drug-likeness (QED) is 0.332. The largest absolute Gasteiger partial charge is 0.493 e. The number of aromatic carboxylic acids is 1. The van der Waals surface area contributed by atoms with Crippen LogP contribution in [0.25, 0.3) is 0 Å². The SMILES string of the molecule is C=CCOC[C@H](COCCCOc1c(C)cc(C(=O)O)cc1C)NC(=O)C1CCCOC1. The van der Waals surface area contributed by atoms with Crippen molar-refractivity contribution >= 4 is 11.9 Å². The van der Waals surface area contributed by atoms with Crippen molar-refractivity contribution in [3.63, 3.8) is 0 Å². The molecule has 1 aliphatic rings. The molecule has 178 valence electrons. The molecule has 8 nitrogen and oxygen atoms in total. The number of ether oxygens (including phenoxy) is 4. The van der Waals surface area contributed by atoms with Crippen LogP contribution in [0.1, 0.15) is 40.7 Å². The monoisotopic (exact) mass is 449 g/mol. The molecular formula is C24H35NO7. The molecule has 32 heavy (non-hydrogen) atoms. The number of hydrogen-bond donors (Lipinski definition) is 2. The lowest BCUT2D eigenvalue weighted by molar-refractivity contribution is -0.130. The Labute approximate surface area is 189 Å². The molecule has 1 heterocycles. The molecule has 1 fully saturated rings. The van der Waals surface area contributed by atoms with Gasteiger partial charge in [0.15, 0.2) is 0 Å². The minimum absolute atomic E-state index is 0.0282. The van der Waals surface area contributed by atoms with E-state index in [1.165, 1.54) is 0 Å². The third-order valence-electron chi connectivity index (χ3n) is 5.14. The van der Waals surface area contributed by atoms with Gasteiger partial charge in [0.05, 0.1) is 50.6 Å². The van der Waals surface area contributed by atoms with E-state index in [4.69, 9.17) is 24.1 Å². The van der Waals surface area contributed by atoms with Crippen LogP contribution >= 0.6 is 0 Å². The standard InChI is InChI=1S/C24H35NO7/c1-4-8-29-15-21(25-23(26)19-7-5-9-30-14-19)16-31-10-6-11-32-22-17(2)12-20(24(27)28)13-18(22)3/h4,12-13,19,21H,1,5-11,14-16H2,2-3H3,(H,25,26)(H,27,28)/t19?,21-/m1/s1. The first-order valence-electron chi connectivity index (χ1n) is 11.0. The summed E-state index contributed by atoms with van der Waals surface area (Å²) in [7, 11) is 0. The maximum absolute atomic E-state index is 12.5. The van der Waals surface area contributed by atoms with Crippen molar-refractivity contribution in [2.45, 2.75) is 39.2 Å². The number of rotatable bonds is 14. The van der Waals surface area contributed by atoms with Gasteiger partial charge >= 0.3 is 5.97 Å². The van der Waals surface area contributed by atoms with Crippen LogP contribution in [0.15, 0.2) is 24.8 Å². The Morgan fingerprint density at radius 3 is 2.59 bits per heavy atom. The summed E-state index contributed by atoms with van der Waals surface area (Å²) in [5.41, 5.74) is 1.83. The molecule has 1 unspecified atom stereocenters. The van der Waals surface area contributed by atoms with Crippen LogP contribution in [0.2, 0.25) is 0 Å². The highest BCUT2D eigenvalue weighted by Gasteiger charge is 2.24. The molecule has 2 rings (SSSR count). The zero-order valence-corrected chi connectivity index (χ0v) is 19.1. The molecule has 1 aromatic rings. The van der Waals surface area contributed by atoms with E-state index < -0.39 is 5.97 Å². The molecule has 8 heteroatoms. The molecule has 0 bridgehead atoms. The Bertz CT molecular complexity index is 736. The molecule has 0 aliphatic carbocycles. The molecule has 1 saturated heterocycles. The highest BCUT2D eigenvalue weighted by molar-refractivity contribution is 5.88. The van der Waals surface area contributed by atoms with Gasteiger partial charge in [-0.1, -0.05) is 6.08 Å². The lowest BCUT2D eigenvalue weighted by Crippen LogP contribution is -2.46. The van der Waals surface area contributed by atoms with E-state index in [1.54, 1.807) is 18.2 Å². The number of aryl methyl sites for hydroxylation is 2. The highest BCUT2D eigenvalue weighted by Crippen LogP contribution is 2.25. The topological polar surface area (TPSA) is 103 Å². The number of carbonyl (C=O) groups excluding carboxylic acids is 1. The molecule has 1 aliphatic heterocycles. The molecule has 0 spiro atoms. The third-order valence-corrected chi connectivity index (χ3v) is 5.14. The van der Waals surface area contributed by atoms with Gasteiger partial charge in [-0.15, -0.1) is 6.58 Å². The molecular weight excluding hydrogens is 414 g/mol. The summed E-state index contributed by atoms with van der Waals surface area (Å²) in [6.45, 7) is 10.5. The summed E-state index contributed by atoms with van der Waals surface area (Å²) in [6.07, 6.45) is 4.05. The van der Waals surface area contributed by atoms with Crippen molar-refractivity contribution in [1.29, 1.82) is 0 Å². The van der Waals surface area contributed by atoms with Crippen LogP contribution in [-0.2, 0) is 19.0 Å². The van der Waals surface area contributed by atoms with Crippen molar-refractivity contribution in [2.24, 2.45) is 5.92 Å². The van der Waals surface area contributed by atoms with Crippen LogP contribution < -0.4 is 10.1 Å². The summed E-state index contributed by atoms with van der Waals surface area (Å²) >= 11 is 0. The fraction of sp³-hybridized carbons (Fsp3) is 0.583. The van der Waals surface area contributed by atoms with Crippen LogP contribution in [-0.4, -0.2) is 69.3 Å². The zero-order valence-electron chi connectivity index (χ0n) is 19.1. The predicted molar refractivity (Wildman–Crippen MR) is 120 cm³/mol.